The molecule has 20 heavy (non-hydrogen) atoms. The monoisotopic (exact) mass is 319 g/mol. The molecule has 1 rings (SSSR count). The highest BCUT2D eigenvalue weighted by Crippen LogP contribution is 2.35. The normalized spacial score (nSPS) is 9.80. The lowest BCUT2D eigenvalue weighted by Gasteiger charge is -2.11. The number of urea groups is 1. The van der Waals surface area contributed by atoms with Gasteiger partial charge in [-0.2, -0.15) is 0 Å². The number of anilines is 1. The van der Waals surface area contributed by atoms with Crippen molar-refractivity contribution >= 4 is 40.8 Å². The third kappa shape index (κ3) is 4.79. The highest BCUT2D eigenvalue weighted by Gasteiger charge is 2.10. The Morgan fingerprint density at radius 3 is 2.35 bits per heavy atom. The van der Waals surface area contributed by atoms with Crippen molar-refractivity contribution in [2.45, 2.75) is 6.92 Å². The smallest absolute Gasteiger partial charge is 0.321 e. The average Bonchev–Trinajstić information content (AvgIpc) is 2.36. The number of carbonyl (C=O) groups excluding carboxylic acids is 2. The minimum absolute atomic E-state index is 0.0872. The summed E-state index contributed by atoms with van der Waals surface area (Å²) >= 11 is 11.9. The molecule has 0 aliphatic heterocycles. The molecule has 0 spiro atoms. The molecule has 0 aliphatic rings. The molecule has 0 radical (unpaired) electrons. The molecular weight excluding hydrogens is 305 g/mol. The van der Waals surface area contributed by atoms with E-state index >= 15 is 0 Å². The van der Waals surface area contributed by atoms with Gasteiger partial charge in [0.25, 0.3) is 0 Å². The number of ether oxygens (including phenoxy) is 1. The maximum absolute atomic E-state index is 11.5. The van der Waals surface area contributed by atoms with Crippen LogP contribution in [0.3, 0.4) is 0 Å². The second kappa shape index (κ2) is 7.81. The first-order valence-electron chi connectivity index (χ1n) is 5.82. The zero-order chi connectivity index (χ0) is 15.1. The van der Waals surface area contributed by atoms with Gasteiger partial charge in [0.2, 0.25) is 5.91 Å². The number of halogens is 2. The van der Waals surface area contributed by atoms with E-state index in [-0.39, 0.29) is 6.54 Å². The number of carbonyl (C=O) groups is 2. The number of hydrogen-bond donors (Lipinski definition) is 3. The fourth-order valence-electron chi connectivity index (χ4n) is 1.41. The number of rotatable bonds is 5. The molecule has 0 unspecified atom stereocenters. The van der Waals surface area contributed by atoms with Crippen molar-refractivity contribution in [1.82, 2.24) is 10.6 Å². The van der Waals surface area contributed by atoms with Gasteiger partial charge < -0.3 is 15.4 Å². The molecule has 0 atom stereocenters. The molecule has 0 aliphatic carbocycles. The summed E-state index contributed by atoms with van der Waals surface area (Å²) in [7, 11) is 1.46. The Bertz CT molecular complexity index is 486. The molecule has 3 N–H and O–H groups in total. The molecule has 110 valence electrons. The Kier molecular flexibility index (Phi) is 6.41. The van der Waals surface area contributed by atoms with E-state index in [0.717, 1.165) is 0 Å². The fourth-order valence-corrected chi connectivity index (χ4v) is 2.06. The standard InChI is InChI=1S/C12H15Cl2N3O3/c1-3-15-12(19)17-10(18)6-16-7-4-8(13)11(20-2)9(14)5-7/h4-5,16H,3,6H2,1-2H3,(H2,15,17,18,19). The highest BCUT2D eigenvalue weighted by atomic mass is 35.5. The van der Waals surface area contributed by atoms with Gasteiger partial charge in [0.15, 0.2) is 5.75 Å². The van der Waals surface area contributed by atoms with Gasteiger partial charge in [-0.1, -0.05) is 23.2 Å². The minimum atomic E-state index is -0.537. The maximum atomic E-state index is 11.5. The van der Waals surface area contributed by atoms with Crippen LogP contribution in [0.4, 0.5) is 10.5 Å². The molecule has 1 aromatic rings. The lowest BCUT2D eigenvalue weighted by atomic mass is 10.3. The molecule has 8 heteroatoms. The quantitative estimate of drug-likeness (QED) is 0.777. The molecule has 0 heterocycles. The topological polar surface area (TPSA) is 79.5 Å². The van der Waals surface area contributed by atoms with Gasteiger partial charge in [0.05, 0.1) is 23.7 Å². The van der Waals surface area contributed by atoms with Crippen LogP contribution in [0.1, 0.15) is 6.92 Å². The second-order valence-corrected chi connectivity index (χ2v) is 4.55. The predicted octanol–water partition coefficient (Wildman–Crippen LogP) is 2.26. The molecule has 0 saturated carbocycles. The summed E-state index contributed by atoms with van der Waals surface area (Å²) in [5.74, 6) is -0.107. The van der Waals surface area contributed by atoms with Gasteiger partial charge in [-0.3, -0.25) is 10.1 Å². The molecule has 1 aromatic carbocycles. The van der Waals surface area contributed by atoms with Crippen LogP contribution < -0.4 is 20.7 Å². The Morgan fingerprint density at radius 1 is 1.25 bits per heavy atom. The summed E-state index contributed by atoms with van der Waals surface area (Å²) < 4.78 is 5.01. The van der Waals surface area contributed by atoms with Crippen LogP contribution in [0.5, 0.6) is 5.75 Å². The Morgan fingerprint density at radius 2 is 1.85 bits per heavy atom. The van der Waals surface area contributed by atoms with Crippen LogP contribution in [0.15, 0.2) is 12.1 Å². The van der Waals surface area contributed by atoms with Crippen molar-refractivity contribution in [1.29, 1.82) is 0 Å². The summed E-state index contributed by atoms with van der Waals surface area (Å²) in [6.07, 6.45) is 0. The van der Waals surface area contributed by atoms with Crippen LogP contribution in [0.25, 0.3) is 0 Å². The van der Waals surface area contributed by atoms with Crippen molar-refractivity contribution in [2.75, 3.05) is 25.5 Å². The lowest BCUT2D eigenvalue weighted by molar-refractivity contribution is -0.118. The molecule has 0 aromatic heterocycles. The summed E-state index contributed by atoms with van der Waals surface area (Å²) in [6, 6.07) is 2.61. The zero-order valence-electron chi connectivity index (χ0n) is 11.0. The van der Waals surface area contributed by atoms with Crippen molar-refractivity contribution in [2.24, 2.45) is 0 Å². The summed E-state index contributed by atoms with van der Waals surface area (Å²) in [6.45, 7) is 2.11. The zero-order valence-corrected chi connectivity index (χ0v) is 12.6. The van der Waals surface area contributed by atoms with Crippen LogP contribution in [0.2, 0.25) is 10.0 Å². The van der Waals surface area contributed by atoms with Gasteiger partial charge in [0, 0.05) is 12.2 Å². The second-order valence-electron chi connectivity index (χ2n) is 3.73. The largest absolute Gasteiger partial charge is 0.494 e. The average molecular weight is 320 g/mol. The maximum Gasteiger partial charge on any atom is 0.321 e. The van der Waals surface area contributed by atoms with E-state index in [4.69, 9.17) is 27.9 Å². The molecule has 0 saturated heterocycles. The number of nitrogens with one attached hydrogen (secondary N) is 3. The van der Waals surface area contributed by atoms with Gasteiger partial charge in [-0.05, 0) is 19.1 Å². The summed E-state index contributed by atoms with van der Waals surface area (Å²) in [5.41, 5.74) is 0.548. The van der Waals surface area contributed by atoms with Crippen molar-refractivity contribution in [3.8, 4) is 5.75 Å². The van der Waals surface area contributed by atoms with Gasteiger partial charge >= 0.3 is 6.03 Å². The predicted molar refractivity (Wildman–Crippen MR) is 78.7 cm³/mol. The highest BCUT2D eigenvalue weighted by molar-refractivity contribution is 6.37. The van der Waals surface area contributed by atoms with Crippen molar-refractivity contribution < 1.29 is 14.3 Å². The fraction of sp³-hybridized carbons (Fsp3) is 0.333. The van der Waals surface area contributed by atoms with E-state index < -0.39 is 11.9 Å². The first-order chi connectivity index (χ1) is 9.47. The minimum Gasteiger partial charge on any atom is -0.494 e. The third-order valence-corrected chi connectivity index (χ3v) is 2.81. The Hall–Kier alpha value is -1.66. The van der Waals surface area contributed by atoms with E-state index in [1.807, 2.05) is 0 Å². The van der Waals surface area contributed by atoms with Crippen LogP contribution in [0, 0.1) is 0 Å². The third-order valence-electron chi connectivity index (χ3n) is 2.25. The number of hydrogen-bond acceptors (Lipinski definition) is 4. The van der Waals surface area contributed by atoms with E-state index in [1.54, 1.807) is 19.1 Å². The number of methoxy groups -OCH3 is 1. The van der Waals surface area contributed by atoms with E-state index in [0.29, 0.717) is 28.0 Å². The van der Waals surface area contributed by atoms with E-state index in [1.165, 1.54) is 7.11 Å². The molecule has 3 amide bonds. The van der Waals surface area contributed by atoms with Gasteiger partial charge in [0.1, 0.15) is 0 Å². The number of benzene rings is 1. The Labute approximate surface area is 126 Å². The SMILES string of the molecule is CCNC(=O)NC(=O)CNc1cc(Cl)c(OC)c(Cl)c1. The first-order valence-corrected chi connectivity index (χ1v) is 6.58. The van der Waals surface area contributed by atoms with Gasteiger partial charge in [-0.15, -0.1) is 0 Å². The first kappa shape index (κ1) is 16.4. The Balaban J connectivity index is 2.58. The van der Waals surface area contributed by atoms with E-state index in [2.05, 4.69) is 16.0 Å². The number of imide groups is 1. The van der Waals surface area contributed by atoms with Crippen LogP contribution in [-0.2, 0) is 4.79 Å². The van der Waals surface area contributed by atoms with Crippen LogP contribution >= 0.6 is 23.2 Å². The van der Waals surface area contributed by atoms with Crippen LogP contribution in [-0.4, -0.2) is 32.1 Å². The summed E-state index contributed by atoms with van der Waals surface area (Å²) in [4.78, 5) is 22.6. The molecule has 0 bridgehead atoms. The lowest BCUT2D eigenvalue weighted by Crippen LogP contribution is -2.41. The molecular formula is C12H15Cl2N3O3. The van der Waals surface area contributed by atoms with Crippen molar-refractivity contribution in [3.05, 3.63) is 22.2 Å². The molecule has 6 nitrogen and oxygen atoms in total. The van der Waals surface area contributed by atoms with Gasteiger partial charge in [-0.25, -0.2) is 4.79 Å². The number of amides is 3. The van der Waals surface area contributed by atoms with Crippen molar-refractivity contribution in [3.63, 3.8) is 0 Å². The van der Waals surface area contributed by atoms with E-state index in [9.17, 15) is 9.59 Å². The summed E-state index contributed by atoms with van der Waals surface area (Å²) in [5, 5.41) is 8.07. The molecule has 0 fully saturated rings.